The summed E-state index contributed by atoms with van der Waals surface area (Å²) in [5.41, 5.74) is 1.17. The Bertz CT molecular complexity index is 452. The minimum absolute atomic E-state index is 0.240. The van der Waals surface area contributed by atoms with Gasteiger partial charge in [0, 0.05) is 44.0 Å². The van der Waals surface area contributed by atoms with Crippen LogP contribution in [0, 0.1) is 0 Å². The summed E-state index contributed by atoms with van der Waals surface area (Å²) in [6, 6.07) is 6.50. The minimum atomic E-state index is 0.240. The molecule has 2 heterocycles. The van der Waals surface area contributed by atoms with Gasteiger partial charge in [0.1, 0.15) is 0 Å². The molecule has 1 saturated heterocycles. The lowest BCUT2D eigenvalue weighted by atomic mass is 10.1. The van der Waals surface area contributed by atoms with Crippen LogP contribution in [0.1, 0.15) is 6.42 Å². The first kappa shape index (κ1) is 12.6. The van der Waals surface area contributed by atoms with Crippen LogP contribution in [-0.2, 0) is 0 Å². The lowest BCUT2D eigenvalue weighted by molar-refractivity contribution is 0.170. The van der Waals surface area contributed by atoms with Gasteiger partial charge in [-0.3, -0.25) is 4.90 Å². The summed E-state index contributed by atoms with van der Waals surface area (Å²) in [4.78, 5) is 4.67. The number of fused-ring (bicyclic) bond motifs is 1. The zero-order chi connectivity index (χ0) is 13.2. The van der Waals surface area contributed by atoms with E-state index in [2.05, 4.69) is 22.9 Å². The van der Waals surface area contributed by atoms with Crippen LogP contribution in [0.4, 0.5) is 5.69 Å². The van der Waals surface area contributed by atoms with E-state index in [1.54, 1.807) is 0 Å². The highest BCUT2D eigenvalue weighted by atomic mass is 16.7. The first-order valence-electron chi connectivity index (χ1n) is 6.73. The van der Waals surface area contributed by atoms with Gasteiger partial charge in [0.15, 0.2) is 11.5 Å². The fourth-order valence-corrected chi connectivity index (χ4v) is 2.72. The van der Waals surface area contributed by atoms with Crippen molar-refractivity contribution in [3.05, 3.63) is 18.2 Å². The summed E-state index contributed by atoms with van der Waals surface area (Å²) in [6.07, 6.45) is 0.817. The monoisotopic (exact) mass is 264 g/mol. The molecule has 1 N–H and O–H groups in total. The number of hydrogen-bond donors (Lipinski definition) is 1. The van der Waals surface area contributed by atoms with E-state index in [9.17, 15) is 0 Å². The molecule has 1 fully saturated rings. The molecule has 19 heavy (non-hydrogen) atoms. The second-order valence-electron chi connectivity index (χ2n) is 5.13. The molecule has 0 aromatic heterocycles. The smallest absolute Gasteiger partial charge is 0.231 e. The SMILES string of the molecule is CN1CCN(c2ccc3c(c2)OCO3)CC1CCO. The molecular formula is C14H20N2O3. The molecule has 3 rings (SSSR count). The summed E-state index contributed by atoms with van der Waals surface area (Å²) in [6.45, 7) is 3.51. The third-order valence-corrected chi connectivity index (χ3v) is 3.96. The van der Waals surface area contributed by atoms with Crippen LogP contribution in [0.25, 0.3) is 0 Å². The molecule has 0 saturated carbocycles. The molecule has 0 radical (unpaired) electrons. The van der Waals surface area contributed by atoms with Crippen LogP contribution in [0.2, 0.25) is 0 Å². The van der Waals surface area contributed by atoms with E-state index in [4.69, 9.17) is 14.6 Å². The molecule has 1 aromatic carbocycles. The maximum absolute atomic E-state index is 9.14. The Hall–Kier alpha value is -1.46. The molecular weight excluding hydrogens is 244 g/mol. The number of aliphatic hydroxyl groups is 1. The first-order chi connectivity index (χ1) is 9.28. The number of piperazine rings is 1. The van der Waals surface area contributed by atoms with Crippen LogP contribution in [-0.4, -0.2) is 56.1 Å². The first-order valence-corrected chi connectivity index (χ1v) is 6.73. The quantitative estimate of drug-likeness (QED) is 0.879. The van der Waals surface area contributed by atoms with Crippen molar-refractivity contribution < 1.29 is 14.6 Å². The molecule has 0 bridgehead atoms. The van der Waals surface area contributed by atoms with Crippen LogP contribution in [0.5, 0.6) is 11.5 Å². The summed E-state index contributed by atoms with van der Waals surface area (Å²) in [5.74, 6) is 1.65. The van der Waals surface area contributed by atoms with Crippen molar-refractivity contribution in [2.75, 3.05) is 45.0 Å². The molecule has 2 aliphatic rings. The molecule has 5 heteroatoms. The highest BCUT2D eigenvalue weighted by Crippen LogP contribution is 2.36. The fourth-order valence-electron chi connectivity index (χ4n) is 2.72. The molecule has 1 unspecified atom stereocenters. The van der Waals surface area contributed by atoms with Gasteiger partial charge >= 0.3 is 0 Å². The molecule has 1 atom stereocenters. The number of likely N-dealkylation sites (N-methyl/N-ethyl adjacent to an activating group) is 1. The largest absolute Gasteiger partial charge is 0.454 e. The van der Waals surface area contributed by atoms with E-state index in [0.717, 1.165) is 37.6 Å². The number of ether oxygens (including phenoxy) is 2. The van der Waals surface area contributed by atoms with E-state index in [0.29, 0.717) is 12.8 Å². The van der Waals surface area contributed by atoms with Crippen molar-refractivity contribution in [3.8, 4) is 11.5 Å². The number of anilines is 1. The Balaban J connectivity index is 1.75. The third-order valence-electron chi connectivity index (χ3n) is 3.96. The Morgan fingerprint density at radius 2 is 2.11 bits per heavy atom. The van der Waals surface area contributed by atoms with Gasteiger partial charge in [-0.05, 0) is 25.6 Å². The van der Waals surface area contributed by atoms with Crippen LogP contribution in [0.3, 0.4) is 0 Å². The van der Waals surface area contributed by atoms with Gasteiger partial charge in [0.05, 0.1) is 0 Å². The summed E-state index contributed by atoms with van der Waals surface area (Å²) >= 11 is 0. The Kier molecular flexibility index (Phi) is 3.48. The topological polar surface area (TPSA) is 45.2 Å². The van der Waals surface area contributed by atoms with E-state index in [1.807, 2.05) is 12.1 Å². The lowest BCUT2D eigenvalue weighted by Crippen LogP contribution is -2.51. The molecule has 104 valence electrons. The van der Waals surface area contributed by atoms with Gasteiger partial charge in [0.25, 0.3) is 0 Å². The van der Waals surface area contributed by atoms with E-state index in [-0.39, 0.29) is 6.61 Å². The zero-order valence-corrected chi connectivity index (χ0v) is 11.2. The van der Waals surface area contributed by atoms with E-state index < -0.39 is 0 Å². The van der Waals surface area contributed by atoms with Gasteiger partial charge in [-0.25, -0.2) is 0 Å². The predicted octanol–water partition coefficient (Wildman–Crippen LogP) is 0.918. The summed E-state index contributed by atoms with van der Waals surface area (Å²) in [5, 5.41) is 9.14. The minimum Gasteiger partial charge on any atom is -0.454 e. The molecule has 0 spiro atoms. The number of rotatable bonds is 3. The summed E-state index contributed by atoms with van der Waals surface area (Å²) < 4.78 is 10.8. The molecule has 5 nitrogen and oxygen atoms in total. The van der Waals surface area contributed by atoms with Crippen LogP contribution in [0.15, 0.2) is 18.2 Å². The van der Waals surface area contributed by atoms with Crippen LogP contribution >= 0.6 is 0 Å². The van der Waals surface area contributed by atoms with Gasteiger partial charge in [-0.1, -0.05) is 0 Å². The van der Waals surface area contributed by atoms with Crippen molar-refractivity contribution in [3.63, 3.8) is 0 Å². The second-order valence-corrected chi connectivity index (χ2v) is 5.13. The third kappa shape index (κ3) is 2.48. The highest BCUT2D eigenvalue weighted by molar-refractivity contribution is 5.57. The number of aliphatic hydroxyl groups excluding tert-OH is 1. The fraction of sp³-hybridized carbons (Fsp3) is 0.571. The van der Waals surface area contributed by atoms with Crippen molar-refractivity contribution in [2.24, 2.45) is 0 Å². The predicted molar refractivity (Wildman–Crippen MR) is 72.9 cm³/mol. The van der Waals surface area contributed by atoms with Gasteiger partial charge in [-0.2, -0.15) is 0 Å². The van der Waals surface area contributed by atoms with Crippen molar-refractivity contribution >= 4 is 5.69 Å². The van der Waals surface area contributed by atoms with Gasteiger partial charge in [0.2, 0.25) is 6.79 Å². The summed E-state index contributed by atoms with van der Waals surface area (Å²) in [7, 11) is 2.12. The average Bonchev–Trinajstić information content (AvgIpc) is 2.89. The number of benzene rings is 1. The normalized spacial score (nSPS) is 22.8. The van der Waals surface area contributed by atoms with Gasteiger partial charge < -0.3 is 19.5 Å². The Labute approximate surface area is 113 Å². The van der Waals surface area contributed by atoms with Crippen molar-refractivity contribution in [2.45, 2.75) is 12.5 Å². The maximum atomic E-state index is 9.14. The number of nitrogens with zero attached hydrogens (tertiary/aromatic N) is 2. The van der Waals surface area contributed by atoms with Gasteiger partial charge in [-0.15, -0.1) is 0 Å². The molecule has 1 aromatic rings. The average molecular weight is 264 g/mol. The lowest BCUT2D eigenvalue weighted by Gasteiger charge is -2.40. The van der Waals surface area contributed by atoms with Crippen molar-refractivity contribution in [1.29, 1.82) is 0 Å². The Morgan fingerprint density at radius 3 is 2.95 bits per heavy atom. The molecule has 0 aliphatic carbocycles. The maximum Gasteiger partial charge on any atom is 0.231 e. The zero-order valence-electron chi connectivity index (χ0n) is 11.2. The standard InChI is InChI=1S/C14H20N2O3/c1-15-5-6-16(9-12(15)4-7-17)11-2-3-13-14(8-11)19-10-18-13/h2-3,8,12,17H,4-7,9-10H2,1H3. The Morgan fingerprint density at radius 1 is 1.26 bits per heavy atom. The number of hydrogen-bond acceptors (Lipinski definition) is 5. The van der Waals surface area contributed by atoms with E-state index >= 15 is 0 Å². The van der Waals surface area contributed by atoms with E-state index in [1.165, 1.54) is 5.69 Å². The molecule has 0 amide bonds. The van der Waals surface area contributed by atoms with Crippen LogP contribution < -0.4 is 14.4 Å². The second kappa shape index (κ2) is 5.27. The van der Waals surface area contributed by atoms with Crippen molar-refractivity contribution in [1.82, 2.24) is 4.90 Å². The highest BCUT2D eigenvalue weighted by Gasteiger charge is 2.25. The molecule has 2 aliphatic heterocycles.